The molecule has 6 heteroatoms. The average Bonchev–Trinajstić information content (AvgIpc) is 3.97. The molecule has 0 atom stereocenters. The highest BCUT2D eigenvalue weighted by atomic mass is 32.1. The summed E-state index contributed by atoms with van der Waals surface area (Å²) in [6, 6.07) is 64.4. The van der Waals surface area contributed by atoms with Crippen molar-refractivity contribution < 1.29 is 4.42 Å². The van der Waals surface area contributed by atoms with Crippen molar-refractivity contribution in [3.8, 4) is 39.9 Å². The molecule has 13 rings (SSSR count). The lowest BCUT2D eigenvalue weighted by Crippen LogP contribution is -2.02. The first-order chi connectivity index (χ1) is 29.2. The van der Waals surface area contributed by atoms with Crippen molar-refractivity contribution in [1.82, 2.24) is 19.5 Å². The first-order valence-electron chi connectivity index (χ1n) is 19.8. The van der Waals surface area contributed by atoms with Crippen molar-refractivity contribution in [1.29, 1.82) is 0 Å². The molecule has 13 aromatic rings. The minimum Gasteiger partial charge on any atom is -0.456 e. The van der Waals surface area contributed by atoms with Gasteiger partial charge >= 0.3 is 0 Å². The summed E-state index contributed by atoms with van der Waals surface area (Å²) in [5, 5.41) is 11.5. The Kier molecular flexibility index (Phi) is 6.82. The highest BCUT2D eigenvalue weighted by Gasteiger charge is 2.23. The number of hydrogen-bond acceptors (Lipinski definition) is 5. The van der Waals surface area contributed by atoms with Crippen molar-refractivity contribution in [3.05, 3.63) is 182 Å². The van der Waals surface area contributed by atoms with Crippen LogP contribution in [0, 0.1) is 0 Å². The van der Waals surface area contributed by atoms with E-state index >= 15 is 0 Å². The first-order valence-corrected chi connectivity index (χ1v) is 20.6. The number of aromatic nitrogens is 4. The third-order valence-electron chi connectivity index (χ3n) is 11.8. The second-order valence-electron chi connectivity index (χ2n) is 15.2. The zero-order valence-electron chi connectivity index (χ0n) is 31.4. The summed E-state index contributed by atoms with van der Waals surface area (Å²) in [6.45, 7) is 0. The number of hydrogen-bond donors (Lipinski definition) is 0. The van der Waals surface area contributed by atoms with Gasteiger partial charge in [-0.3, -0.25) is 0 Å². The van der Waals surface area contributed by atoms with Crippen molar-refractivity contribution in [2.75, 3.05) is 0 Å². The molecule has 0 amide bonds. The Morgan fingerprint density at radius 1 is 0.407 bits per heavy atom. The van der Waals surface area contributed by atoms with Crippen LogP contribution >= 0.6 is 11.3 Å². The minimum absolute atomic E-state index is 0.584. The maximum absolute atomic E-state index is 6.73. The molecule has 274 valence electrons. The van der Waals surface area contributed by atoms with E-state index in [9.17, 15) is 0 Å². The summed E-state index contributed by atoms with van der Waals surface area (Å²) in [7, 11) is 0. The highest BCUT2D eigenvalue weighted by Crippen LogP contribution is 2.43. The Morgan fingerprint density at radius 3 is 1.93 bits per heavy atom. The van der Waals surface area contributed by atoms with Gasteiger partial charge in [-0.05, 0) is 70.1 Å². The SMILES string of the molecule is c1ccc2cc(-c3nc(-c4cccc5c4sc4ccccc45)nc(-c4cc(-n5c6ccccc6c6cc7ccccc7cc65)cc5oc6ccccc6c45)n3)ccc2c1. The van der Waals surface area contributed by atoms with E-state index in [2.05, 4.69) is 174 Å². The van der Waals surface area contributed by atoms with E-state index in [0.717, 1.165) is 65.4 Å². The zero-order chi connectivity index (χ0) is 38.6. The molecule has 0 fully saturated rings. The fraction of sp³-hybridized carbons (Fsp3) is 0. The molecule has 5 nitrogen and oxygen atoms in total. The zero-order valence-corrected chi connectivity index (χ0v) is 32.2. The molecule has 0 unspecified atom stereocenters. The van der Waals surface area contributed by atoms with Crippen LogP contribution in [0.1, 0.15) is 0 Å². The van der Waals surface area contributed by atoms with Crippen LogP contribution in [-0.2, 0) is 0 Å². The van der Waals surface area contributed by atoms with Gasteiger partial charge in [-0.1, -0.05) is 127 Å². The van der Waals surface area contributed by atoms with E-state index in [-0.39, 0.29) is 0 Å². The normalized spacial score (nSPS) is 12.1. The number of thiophene rings is 1. The number of fused-ring (bicyclic) bond motifs is 11. The van der Waals surface area contributed by atoms with Crippen molar-refractivity contribution in [2.45, 2.75) is 0 Å². The Balaban J connectivity index is 1.14. The molecule has 0 saturated carbocycles. The Labute approximate surface area is 341 Å². The third kappa shape index (κ3) is 4.94. The van der Waals surface area contributed by atoms with E-state index in [1.54, 1.807) is 11.3 Å². The van der Waals surface area contributed by atoms with Gasteiger partial charge in [-0.25, -0.2) is 15.0 Å². The maximum Gasteiger partial charge on any atom is 0.165 e. The van der Waals surface area contributed by atoms with Gasteiger partial charge in [0, 0.05) is 64.5 Å². The molecular weight excluding hydrogens is 741 g/mol. The van der Waals surface area contributed by atoms with Gasteiger partial charge < -0.3 is 8.98 Å². The van der Waals surface area contributed by atoms with E-state index in [1.807, 2.05) is 12.1 Å². The lowest BCUT2D eigenvalue weighted by molar-refractivity contribution is 0.668. The van der Waals surface area contributed by atoms with Crippen LogP contribution in [0.4, 0.5) is 0 Å². The van der Waals surface area contributed by atoms with Gasteiger partial charge in [0.1, 0.15) is 11.2 Å². The predicted molar refractivity (Wildman–Crippen MR) is 246 cm³/mol. The summed E-state index contributed by atoms with van der Waals surface area (Å²) < 4.78 is 11.5. The largest absolute Gasteiger partial charge is 0.456 e. The summed E-state index contributed by atoms with van der Waals surface area (Å²) in [5.41, 5.74) is 7.57. The molecule has 4 heterocycles. The van der Waals surface area contributed by atoms with Crippen LogP contribution in [0.25, 0.3) is 125 Å². The van der Waals surface area contributed by atoms with E-state index in [4.69, 9.17) is 19.4 Å². The van der Waals surface area contributed by atoms with Gasteiger partial charge in [0.05, 0.1) is 16.7 Å². The van der Waals surface area contributed by atoms with E-state index < -0.39 is 0 Å². The fourth-order valence-corrected chi connectivity index (χ4v) is 10.3. The van der Waals surface area contributed by atoms with Crippen LogP contribution in [0.3, 0.4) is 0 Å². The number of para-hydroxylation sites is 2. The van der Waals surface area contributed by atoms with Crippen LogP contribution in [0.15, 0.2) is 186 Å². The van der Waals surface area contributed by atoms with Gasteiger partial charge in [0.2, 0.25) is 0 Å². The van der Waals surface area contributed by atoms with Gasteiger partial charge in [-0.15, -0.1) is 11.3 Å². The highest BCUT2D eigenvalue weighted by molar-refractivity contribution is 7.26. The molecule has 0 bridgehead atoms. The number of benzene rings is 9. The quantitative estimate of drug-likeness (QED) is 0.179. The minimum atomic E-state index is 0.584. The molecule has 0 aliphatic carbocycles. The van der Waals surface area contributed by atoms with Crippen molar-refractivity contribution in [2.24, 2.45) is 0 Å². The van der Waals surface area contributed by atoms with Crippen molar-refractivity contribution >= 4 is 96.8 Å². The monoisotopic (exact) mass is 770 g/mol. The molecule has 9 aromatic carbocycles. The molecular formula is C53H30N4OS. The topological polar surface area (TPSA) is 56.7 Å². The molecule has 0 aliphatic rings. The van der Waals surface area contributed by atoms with E-state index in [0.29, 0.717) is 17.5 Å². The number of rotatable bonds is 4. The predicted octanol–water partition coefficient (Wildman–Crippen LogP) is 14.5. The Morgan fingerprint density at radius 2 is 1.07 bits per heavy atom. The summed E-state index contributed by atoms with van der Waals surface area (Å²) in [5.74, 6) is 1.83. The Hall–Kier alpha value is -7.67. The van der Waals surface area contributed by atoms with Gasteiger partial charge in [0.15, 0.2) is 17.5 Å². The lowest BCUT2D eigenvalue weighted by atomic mass is 10.0. The van der Waals surface area contributed by atoms with Crippen LogP contribution in [-0.4, -0.2) is 19.5 Å². The summed E-state index contributed by atoms with van der Waals surface area (Å²) in [4.78, 5) is 16.1. The molecule has 0 N–H and O–H groups in total. The summed E-state index contributed by atoms with van der Waals surface area (Å²) >= 11 is 1.78. The number of nitrogens with zero attached hydrogens (tertiary/aromatic N) is 4. The Bertz CT molecular complexity index is 3870. The smallest absolute Gasteiger partial charge is 0.165 e. The molecule has 0 spiro atoms. The number of furan rings is 1. The molecule has 4 aromatic heterocycles. The van der Waals surface area contributed by atoms with Crippen LogP contribution in [0.5, 0.6) is 0 Å². The van der Waals surface area contributed by atoms with Gasteiger partial charge in [0.25, 0.3) is 0 Å². The average molecular weight is 771 g/mol. The van der Waals surface area contributed by atoms with Crippen LogP contribution in [0.2, 0.25) is 0 Å². The van der Waals surface area contributed by atoms with Gasteiger partial charge in [-0.2, -0.15) is 0 Å². The third-order valence-corrected chi connectivity index (χ3v) is 13.0. The molecule has 0 aliphatic heterocycles. The second kappa shape index (κ2) is 12.4. The molecule has 0 saturated heterocycles. The molecule has 0 radical (unpaired) electrons. The lowest BCUT2D eigenvalue weighted by Gasteiger charge is -2.13. The molecule has 59 heavy (non-hydrogen) atoms. The standard InChI is InChI=1S/C53H30N4OS/c1-2-13-32-26-35(25-24-31(32)12-1)51-54-52(41-20-11-19-39-38-17-7-10-23-48(38)59-50(39)41)56-53(55-51)43-29-36(30-47-49(43)40-18-6-9-22-46(40)58-47)57-44-21-8-5-16-37(44)42-27-33-14-3-4-15-34(33)28-45(42)57/h1-30H. The second-order valence-corrected chi connectivity index (χ2v) is 16.2. The first kappa shape index (κ1) is 32.4. The van der Waals surface area contributed by atoms with Crippen LogP contribution < -0.4 is 0 Å². The van der Waals surface area contributed by atoms with E-state index in [1.165, 1.54) is 42.4 Å². The van der Waals surface area contributed by atoms with Crippen molar-refractivity contribution in [3.63, 3.8) is 0 Å². The fourth-order valence-electron chi connectivity index (χ4n) is 9.08. The maximum atomic E-state index is 6.73. The summed E-state index contributed by atoms with van der Waals surface area (Å²) in [6.07, 6.45) is 0.